The second-order valence-electron chi connectivity index (χ2n) is 4.99. The molecule has 5 nitrogen and oxygen atoms in total. The largest absolute Gasteiger partial charge is 0.465 e. The van der Waals surface area contributed by atoms with Crippen molar-refractivity contribution in [2.75, 3.05) is 19.0 Å². The molecule has 0 spiro atoms. The summed E-state index contributed by atoms with van der Waals surface area (Å²) in [6.45, 7) is 6.17. The smallest absolute Gasteiger partial charge is 0.339 e. The van der Waals surface area contributed by atoms with E-state index in [0.29, 0.717) is 17.2 Å². The van der Waals surface area contributed by atoms with E-state index in [1.54, 1.807) is 24.3 Å². The Morgan fingerprint density at radius 1 is 1.20 bits per heavy atom. The van der Waals surface area contributed by atoms with Gasteiger partial charge >= 0.3 is 5.97 Å². The van der Waals surface area contributed by atoms with Crippen molar-refractivity contribution in [3.8, 4) is 0 Å². The molecule has 1 atom stereocenters. The van der Waals surface area contributed by atoms with Crippen LogP contribution in [0.25, 0.3) is 0 Å². The van der Waals surface area contributed by atoms with E-state index in [9.17, 15) is 9.59 Å². The number of esters is 1. The Labute approximate surface area is 119 Å². The Hall–Kier alpha value is -2.04. The maximum Gasteiger partial charge on any atom is 0.339 e. The quantitative estimate of drug-likeness (QED) is 0.781. The minimum absolute atomic E-state index is 0.106. The first-order chi connectivity index (χ1) is 9.45. The average molecular weight is 278 g/mol. The van der Waals surface area contributed by atoms with Gasteiger partial charge in [-0.1, -0.05) is 26.0 Å². The predicted molar refractivity (Wildman–Crippen MR) is 78.7 cm³/mol. The molecule has 0 aliphatic heterocycles. The van der Waals surface area contributed by atoms with E-state index < -0.39 is 5.97 Å². The molecule has 1 aromatic carbocycles. The number of nitrogens with one attached hydrogen (secondary N) is 2. The molecule has 20 heavy (non-hydrogen) atoms. The molecule has 5 heteroatoms. The highest BCUT2D eigenvalue weighted by Crippen LogP contribution is 2.15. The Morgan fingerprint density at radius 3 is 2.45 bits per heavy atom. The van der Waals surface area contributed by atoms with Crippen molar-refractivity contribution in [1.29, 1.82) is 0 Å². The van der Waals surface area contributed by atoms with Gasteiger partial charge in [0.05, 0.1) is 19.2 Å². The van der Waals surface area contributed by atoms with E-state index in [1.807, 2.05) is 20.8 Å². The SMILES string of the molecule is COC(=O)c1ccccc1NCC(=O)NC(C)C(C)C. The summed E-state index contributed by atoms with van der Waals surface area (Å²) >= 11 is 0. The predicted octanol–water partition coefficient (Wildman–Crippen LogP) is 2.05. The van der Waals surface area contributed by atoms with Gasteiger partial charge in [0.2, 0.25) is 5.91 Å². The Kier molecular flexibility index (Phi) is 6.03. The summed E-state index contributed by atoms with van der Waals surface area (Å²) in [6.07, 6.45) is 0. The van der Waals surface area contributed by atoms with Crippen LogP contribution in [0.3, 0.4) is 0 Å². The summed E-state index contributed by atoms with van der Waals surface area (Å²) in [5, 5.41) is 5.85. The first-order valence-electron chi connectivity index (χ1n) is 6.66. The number of ether oxygens (including phenoxy) is 1. The third-order valence-electron chi connectivity index (χ3n) is 3.16. The molecule has 2 N–H and O–H groups in total. The van der Waals surface area contributed by atoms with Crippen LogP contribution in [-0.4, -0.2) is 31.6 Å². The fraction of sp³-hybridized carbons (Fsp3) is 0.467. The lowest BCUT2D eigenvalue weighted by atomic mass is 10.1. The molecular weight excluding hydrogens is 256 g/mol. The molecule has 0 aromatic heterocycles. The molecule has 0 fully saturated rings. The van der Waals surface area contributed by atoms with Gasteiger partial charge in [0.15, 0.2) is 0 Å². The van der Waals surface area contributed by atoms with Crippen LogP contribution in [0.1, 0.15) is 31.1 Å². The van der Waals surface area contributed by atoms with E-state index in [4.69, 9.17) is 4.74 Å². The van der Waals surface area contributed by atoms with Crippen molar-refractivity contribution in [1.82, 2.24) is 5.32 Å². The van der Waals surface area contributed by atoms with Gasteiger partial charge < -0.3 is 15.4 Å². The van der Waals surface area contributed by atoms with Crippen molar-refractivity contribution in [3.05, 3.63) is 29.8 Å². The highest BCUT2D eigenvalue weighted by molar-refractivity contribution is 5.96. The van der Waals surface area contributed by atoms with Gasteiger partial charge in [-0.25, -0.2) is 4.79 Å². The van der Waals surface area contributed by atoms with Crippen LogP contribution < -0.4 is 10.6 Å². The molecule has 0 saturated heterocycles. The zero-order valence-corrected chi connectivity index (χ0v) is 12.4. The van der Waals surface area contributed by atoms with E-state index in [-0.39, 0.29) is 18.5 Å². The van der Waals surface area contributed by atoms with Crippen molar-refractivity contribution in [2.45, 2.75) is 26.8 Å². The van der Waals surface area contributed by atoms with Crippen LogP contribution in [0.15, 0.2) is 24.3 Å². The molecule has 0 heterocycles. The van der Waals surface area contributed by atoms with Gasteiger partial charge in [-0.15, -0.1) is 0 Å². The number of para-hydroxylation sites is 1. The summed E-state index contributed by atoms with van der Waals surface area (Å²) < 4.78 is 4.70. The number of carbonyl (C=O) groups excluding carboxylic acids is 2. The van der Waals surface area contributed by atoms with Crippen LogP contribution in [0.4, 0.5) is 5.69 Å². The van der Waals surface area contributed by atoms with E-state index in [2.05, 4.69) is 10.6 Å². The summed E-state index contributed by atoms with van der Waals surface area (Å²) in [5.74, 6) is -0.156. The van der Waals surface area contributed by atoms with Crippen molar-refractivity contribution in [3.63, 3.8) is 0 Å². The molecule has 110 valence electrons. The number of hydrogen-bond donors (Lipinski definition) is 2. The number of rotatable bonds is 6. The standard InChI is InChI=1S/C15H22N2O3/c1-10(2)11(3)17-14(18)9-16-13-8-6-5-7-12(13)15(19)20-4/h5-8,10-11,16H,9H2,1-4H3,(H,17,18). The molecule has 0 radical (unpaired) electrons. The zero-order chi connectivity index (χ0) is 15.1. The van der Waals surface area contributed by atoms with Crippen LogP contribution >= 0.6 is 0 Å². The van der Waals surface area contributed by atoms with Crippen LogP contribution in [0.5, 0.6) is 0 Å². The van der Waals surface area contributed by atoms with E-state index >= 15 is 0 Å². The summed E-state index contributed by atoms with van der Waals surface area (Å²) in [4.78, 5) is 23.4. The van der Waals surface area contributed by atoms with Gasteiger partial charge in [0, 0.05) is 11.7 Å². The highest BCUT2D eigenvalue weighted by Gasteiger charge is 2.13. The van der Waals surface area contributed by atoms with Crippen LogP contribution in [-0.2, 0) is 9.53 Å². The van der Waals surface area contributed by atoms with Gasteiger partial charge in [-0.2, -0.15) is 0 Å². The molecule has 0 aliphatic carbocycles. The molecule has 1 unspecified atom stereocenters. The molecule has 0 bridgehead atoms. The van der Waals surface area contributed by atoms with Crippen molar-refractivity contribution >= 4 is 17.6 Å². The monoisotopic (exact) mass is 278 g/mol. The van der Waals surface area contributed by atoms with Gasteiger partial charge in [-0.05, 0) is 25.0 Å². The van der Waals surface area contributed by atoms with E-state index in [1.165, 1.54) is 7.11 Å². The minimum atomic E-state index is -0.427. The molecular formula is C15H22N2O3. The number of amides is 1. The molecule has 0 aliphatic rings. The lowest BCUT2D eigenvalue weighted by molar-refractivity contribution is -0.120. The molecule has 1 rings (SSSR count). The fourth-order valence-electron chi connectivity index (χ4n) is 1.57. The number of hydrogen-bond acceptors (Lipinski definition) is 4. The Bertz CT molecular complexity index is 472. The maximum atomic E-state index is 11.8. The minimum Gasteiger partial charge on any atom is -0.465 e. The van der Waals surface area contributed by atoms with Crippen LogP contribution in [0, 0.1) is 5.92 Å². The first kappa shape index (κ1) is 16.0. The number of benzene rings is 1. The zero-order valence-electron chi connectivity index (χ0n) is 12.4. The summed E-state index contributed by atoms with van der Waals surface area (Å²) in [6, 6.07) is 7.05. The van der Waals surface area contributed by atoms with E-state index in [0.717, 1.165) is 0 Å². The number of anilines is 1. The molecule has 0 saturated carbocycles. The lowest BCUT2D eigenvalue weighted by Crippen LogP contribution is -2.39. The van der Waals surface area contributed by atoms with Gasteiger partial charge in [-0.3, -0.25) is 4.79 Å². The third-order valence-corrected chi connectivity index (χ3v) is 3.16. The van der Waals surface area contributed by atoms with Crippen molar-refractivity contribution < 1.29 is 14.3 Å². The molecule has 1 amide bonds. The second kappa shape index (κ2) is 7.53. The fourth-order valence-corrected chi connectivity index (χ4v) is 1.57. The Morgan fingerprint density at radius 2 is 1.85 bits per heavy atom. The van der Waals surface area contributed by atoms with Gasteiger partial charge in [0.1, 0.15) is 0 Å². The Balaban J connectivity index is 2.62. The van der Waals surface area contributed by atoms with Crippen LogP contribution in [0.2, 0.25) is 0 Å². The normalized spacial score (nSPS) is 11.8. The third kappa shape index (κ3) is 4.57. The highest BCUT2D eigenvalue weighted by atomic mass is 16.5. The maximum absolute atomic E-state index is 11.8. The first-order valence-corrected chi connectivity index (χ1v) is 6.66. The topological polar surface area (TPSA) is 67.4 Å². The average Bonchev–Trinajstić information content (AvgIpc) is 2.44. The number of carbonyl (C=O) groups is 2. The van der Waals surface area contributed by atoms with Gasteiger partial charge in [0.25, 0.3) is 0 Å². The molecule has 1 aromatic rings. The summed E-state index contributed by atoms with van der Waals surface area (Å²) in [7, 11) is 1.33. The lowest BCUT2D eigenvalue weighted by Gasteiger charge is -2.18. The van der Waals surface area contributed by atoms with Crippen molar-refractivity contribution in [2.24, 2.45) is 5.92 Å². The second-order valence-corrected chi connectivity index (χ2v) is 4.99. The number of methoxy groups -OCH3 is 1. The summed E-state index contributed by atoms with van der Waals surface area (Å²) in [5.41, 5.74) is 1.01.